The Morgan fingerprint density at radius 2 is 1.94 bits per heavy atom. The number of nitrogens with zero attached hydrogens (tertiary/aromatic N) is 3. The molecule has 0 radical (unpaired) electrons. The summed E-state index contributed by atoms with van der Waals surface area (Å²) in [5.74, 6) is 0.759. The molecule has 0 fully saturated rings. The van der Waals surface area contributed by atoms with Gasteiger partial charge in [-0.1, -0.05) is 35.9 Å². The Balaban J connectivity index is 2.31. The van der Waals surface area contributed by atoms with E-state index in [0.29, 0.717) is 11.6 Å². The Morgan fingerprint density at radius 3 is 2.61 bits per heavy atom. The van der Waals surface area contributed by atoms with Gasteiger partial charge in [0, 0.05) is 18.1 Å². The summed E-state index contributed by atoms with van der Waals surface area (Å²) in [6.07, 6.45) is 5.11. The monoisotopic (exact) mass is 258 g/mol. The summed E-state index contributed by atoms with van der Waals surface area (Å²) in [4.78, 5) is 4.42. The fraction of sp³-hybridized carbons (Fsp3) is 0.0769. The van der Waals surface area contributed by atoms with Crippen LogP contribution in [0.3, 0.4) is 0 Å². The molecule has 3 aromatic rings. The van der Waals surface area contributed by atoms with Crippen LogP contribution in [0, 0.1) is 0 Å². The van der Waals surface area contributed by atoms with E-state index in [0.717, 1.165) is 22.2 Å². The first kappa shape index (κ1) is 11.2. The molecular formula is C13H11ClN4. The zero-order chi connectivity index (χ0) is 12.5. The minimum atomic E-state index is 0.466. The first-order valence-corrected chi connectivity index (χ1v) is 5.94. The van der Waals surface area contributed by atoms with E-state index in [2.05, 4.69) is 10.1 Å². The van der Waals surface area contributed by atoms with Gasteiger partial charge in [0.2, 0.25) is 0 Å². The van der Waals surface area contributed by atoms with Crippen LogP contribution in [0.15, 0.2) is 42.9 Å². The lowest BCUT2D eigenvalue weighted by Crippen LogP contribution is -2.03. The summed E-state index contributed by atoms with van der Waals surface area (Å²) in [5.41, 5.74) is 6.75. The second-order valence-electron chi connectivity index (χ2n) is 3.96. The van der Waals surface area contributed by atoms with Gasteiger partial charge in [0.1, 0.15) is 0 Å². The normalized spacial score (nSPS) is 11.0. The zero-order valence-corrected chi connectivity index (χ0v) is 10.3. The third-order valence-corrected chi connectivity index (χ3v) is 3.04. The molecule has 5 heteroatoms. The molecule has 90 valence electrons. The summed E-state index contributed by atoms with van der Waals surface area (Å²) in [6, 6.07) is 8.00. The van der Waals surface area contributed by atoms with Crippen molar-refractivity contribution in [2.75, 3.05) is 0 Å². The van der Waals surface area contributed by atoms with E-state index in [1.165, 1.54) is 0 Å². The van der Waals surface area contributed by atoms with E-state index in [4.69, 9.17) is 17.3 Å². The van der Waals surface area contributed by atoms with Crippen molar-refractivity contribution in [3.05, 3.63) is 53.4 Å². The zero-order valence-electron chi connectivity index (χ0n) is 9.55. The van der Waals surface area contributed by atoms with Gasteiger partial charge in [0.15, 0.2) is 5.82 Å². The molecule has 0 saturated carbocycles. The van der Waals surface area contributed by atoms with Crippen molar-refractivity contribution in [1.82, 2.24) is 14.8 Å². The van der Waals surface area contributed by atoms with Gasteiger partial charge >= 0.3 is 0 Å². The van der Waals surface area contributed by atoms with Crippen LogP contribution in [0.2, 0.25) is 5.02 Å². The van der Waals surface area contributed by atoms with E-state index in [9.17, 15) is 0 Å². The molecule has 0 saturated heterocycles. The number of fused-ring (bicyclic) bond motifs is 1. The third kappa shape index (κ3) is 1.75. The number of halogens is 1. The SMILES string of the molecule is NCc1cnc(-n2cc(Cl)cn2)c2ccccc12. The van der Waals surface area contributed by atoms with Gasteiger partial charge < -0.3 is 5.73 Å². The number of aromatic nitrogens is 3. The maximum Gasteiger partial charge on any atom is 0.161 e. The Bertz CT molecular complexity index is 705. The first-order chi connectivity index (χ1) is 8.79. The van der Waals surface area contributed by atoms with Gasteiger partial charge in [-0.3, -0.25) is 0 Å². The maximum absolute atomic E-state index is 5.89. The number of nitrogens with two attached hydrogens (primary N) is 1. The fourth-order valence-electron chi connectivity index (χ4n) is 2.00. The summed E-state index contributed by atoms with van der Waals surface area (Å²) in [6.45, 7) is 0.466. The molecule has 2 aromatic heterocycles. The minimum Gasteiger partial charge on any atom is -0.326 e. The smallest absolute Gasteiger partial charge is 0.161 e. The molecule has 4 nitrogen and oxygen atoms in total. The quantitative estimate of drug-likeness (QED) is 0.768. The highest BCUT2D eigenvalue weighted by atomic mass is 35.5. The molecule has 0 bridgehead atoms. The molecule has 0 atom stereocenters. The van der Waals surface area contributed by atoms with Crippen LogP contribution in [-0.2, 0) is 6.54 Å². The van der Waals surface area contributed by atoms with Crippen molar-refractivity contribution in [2.45, 2.75) is 6.54 Å². The van der Waals surface area contributed by atoms with Crippen molar-refractivity contribution in [3.63, 3.8) is 0 Å². The van der Waals surface area contributed by atoms with Crippen LogP contribution < -0.4 is 5.73 Å². The number of pyridine rings is 1. The summed E-state index contributed by atoms with van der Waals surface area (Å²) in [5, 5.41) is 6.88. The summed E-state index contributed by atoms with van der Waals surface area (Å²) < 4.78 is 1.67. The van der Waals surface area contributed by atoms with Crippen LogP contribution in [0.1, 0.15) is 5.56 Å². The molecule has 2 heterocycles. The van der Waals surface area contributed by atoms with Crippen LogP contribution in [0.5, 0.6) is 0 Å². The second kappa shape index (κ2) is 4.40. The molecule has 3 rings (SSSR count). The van der Waals surface area contributed by atoms with Gasteiger partial charge in [-0.2, -0.15) is 5.10 Å². The standard InChI is InChI=1S/C13H11ClN4/c14-10-7-17-18(8-10)13-12-4-2-1-3-11(12)9(5-15)6-16-13/h1-4,6-8H,5,15H2. The Labute approximate surface area is 109 Å². The van der Waals surface area contributed by atoms with Crippen LogP contribution in [0.4, 0.5) is 0 Å². The van der Waals surface area contributed by atoms with Crippen molar-refractivity contribution in [2.24, 2.45) is 5.73 Å². The molecular weight excluding hydrogens is 248 g/mol. The van der Waals surface area contributed by atoms with Gasteiger partial charge in [-0.25, -0.2) is 9.67 Å². The minimum absolute atomic E-state index is 0.466. The number of rotatable bonds is 2. The largest absolute Gasteiger partial charge is 0.326 e. The second-order valence-corrected chi connectivity index (χ2v) is 4.40. The topological polar surface area (TPSA) is 56.7 Å². The lowest BCUT2D eigenvalue weighted by Gasteiger charge is -2.08. The van der Waals surface area contributed by atoms with Gasteiger partial charge in [-0.05, 0) is 10.9 Å². The van der Waals surface area contributed by atoms with Gasteiger partial charge in [0.25, 0.3) is 0 Å². The third-order valence-electron chi connectivity index (χ3n) is 2.84. The fourth-order valence-corrected chi connectivity index (χ4v) is 2.13. The van der Waals surface area contributed by atoms with E-state index in [1.807, 2.05) is 24.3 Å². The Morgan fingerprint density at radius 1 is 1.17 bits per heavy atom. The molecule has 0 amide bonds. The summed E-state index contributed by atoms with van der Waals surface area (Å²) in [7, 11) is 0. The van der Waals surface area contributed by atoms with E-state index < -0.39 is 0 Å². The summed E-state index contributed by atoms with van der Waals surface area (Å²) >= 11 is 5.89. The average Bonchev–Trinajstić information content (AvgIpc) is 2.84. The van der Waals surface area contributed by atoms with Crippen molar-refractivity contribution in [1.29, 1.82) is 0 Å². The van der Waals surface area contributed by atoms with Crippen LogP contribution in [-0.4, -0.2) is 14.8 Å². The molecule has 0 aliphatic carbocycles. The predicted octanol–water partition coefficient (Wildman–Crippen LogP) is 2.53. The molecule has 0 aliphatic rings. The molecule has 1 aromatic carbocycles. The number of hydrogen-bond acceptors (Lipinski definition) is 3. The van der Waals surface area contributed by atoms with E-state index in [1.54, 1.807) is 23.3 Å². The Hall–Kier alpha value is -1.91. The Kier molecular flexibility index (Phi) is 2.74. The van der Waals surface area contributed by atoms with Crippen molar-refractivity contribution < 1.29 is 0 Å². The van der Waals surface area contributed by atoms with Crippen LogP contribution >= 0.6 is 11.6 Å². The highest BCUT2D eigenvalue weighted by molar-refractivity contribution is 6.30. The van der Waals surface area contributed by atoms with Crippen LogP contribution in [0.25, 0.3) is 16.6 Å². The van der Waals surface area contributed by atoms with Gasteiger partial charge in [-0.15, -0.1) is 0 Å². The molecule has 0 unspecified atom stereocenters. The highest BCUT2D eigenvalue weighted by Crippen LogP contribution is 2.23. The van der Waals surface area contributed by atoms with Crippen molar-refractivity contribution >= 4 is 22.4 Å². The van der Waals surface area contributed by atoms with Gasteiger partial charge in [0.05, 0.1) is 17.4 Å². The maximum atomic E-state index is 5.89. The molecule has 0 spiro atoms. The van der Waals surface area contributed by atoms with Crippen molar-refractivity contribution in [3.8, 4) is 5.82 Å². The van der Waals surface area contributed by atoms with E-state index in [-0.39, 0.29) is 0 Å². The molecule has 2 N–H and O–H groups in total. The number of hydrogen-bond donors (Lipinski definition) is 1. The molecule has 18 heavy (non-hydrogen) atoms. The highest BCUT2D eigenvalue weighted by Gasteiger charge is 2.08. The lowest BCUT2D eigenvalue weighted by atomic mass is 10.1. The molecule has 0 aliphatic heterocycles. The predicted molar refractivity (Wildman–Crippen MR) is 71.8 cm³/mol. The lowest BCUT2D eigenvalue weighted by molar-refractivity contribution is 0.853. The van der Waals surface area contributed by atoms with E-state index >= 15 is 0 Å². The average molecular weight is 259 g/mol. The number of benzene rings is 1. The first-order valence-electron chi connectivity index (χ1n) is 5.57.